The highest BCUT2D eigenvalue weighted by molar-refractivity contribution is 8.01. The van der Waals surface area contributed by atoms with Crippen molar-refractivity contribution in [3.05, 3.63) is 6.42 Å². The standard InChI is InChI=1S/C5H7N2O2S/c6-3(8)1-5-7-4(9)2-10-5/h1,5H,2H2,(H2,6,8)(H,7,9). The summed E-state index contributed by atoms with van der Waals surface area (Å²) in [6, 6.07) is 0. The maximum Gasteiger partial charge on any atom is 0.230 e. The fourth-order valence-electron chi connectivity index (χ4n) is 0.646. The summed E-state index contributed by atoms with van der Waals surface area (Å²) in [4.78, 5) is 20.8. The highest BCUT2D eigenvalue weighted by Crippen LogP contribution is 2.16. The monoisotopic (exact) mass is 159 g/mol. The van der Waals surface area contributed by atoms with E-state index in [-0.39, 0.29) is 11.3 Å². The van der Waals surface area contributed by atoms with Gasteiger partial charge in [-0.1, -0.05) is 0 Å². The van der Waals surface area contributed by atoms with Gasteiger partial charge in [-0.2, -0.15) is 0 Å². The second-order valence-corrected chi connectivity index (χ2v) is 3.00. The first kappa shape index (κ1) is 7.40. The molecule has 0 bridgehead atoms. The number of rotatable bonds is 2. The number of primary amides is 1. The van der Waals surface area contributed by atoms with Crippen molar-refractivity contribution < 1.29 is 9.59 Å². The van der Waals surface area contributed by atoms with Crippen LogP contribution in [0.3, 0.4) is 0 Å². The molecule has 1 saturated heterocycles. The molecule has 1 aliphatic rings. The molecule has 4 nitrogen and oxygen atoms in total. The molecule has 1 unspecified atom stereocenters. The van der Waals surface area contributed by atoms with Crippen LogP contribution >= 0.6 is 11.8 Å². The molecule has 0 aromatic rings. The number of nitrogens with one attached hydrogen (secondary N) is 1. The Morgan fingerprint density at radius 1 is 1.90 bits per heavy atom. The Morgan fingerprint density at radius 3 is 3.00 bits per heavy atom. The van der Waals surface area contributed by atoms with Gasteiger partial charge in [-0.15, -0.1) is 11.8 Å². The van der Waals surface area contributed by atoms with E-state index in [1.807, 2.05) is 0 Å². The van der Waals surface area contributed by atoms with Crippen LogP contribution in [0.25, 0.3) is 0 Å². The first-order valence-electron chi connectivity index (χ1n) is 2.74. The van der Waals surface area contributed by atoms with Gasteiger partial charge in [0, 0.05) is 0 Å². The van der Waals surface area contributed by atoms with Gasteiger partial charge in [0.15, 0.2) is 0 Å². The van der Waals surface area contributed by atoms with Gasteiger partial charge in [-0.05, 0) is 0 Å². The zero-order chi connectivity index (χ0) is 7.56. The summed E-state index contributed by atoms with van der Waals surface area (Å²) < 4.78 is 0. The summed E-state index contributed by atoms with van der Waals surface area (Å²) in [5, 5.41) is 2.34. The van der Waals surface area contributed by atoms with Crippen molar-refractivity contribution in [1.29, 1.82) is 0 Å². The number of hydrogen-bond acceptors (Lipinski definition) is 3. The number of hydrogen-bond donors (Lipinski definition) is 2. The van der Waals surface area contributed by atoms with Crippen molar-refractivity contribution in [1.82, 2.24) is 5.32 Å². The molecule has 0 saturated carbocycles. The number of carbonyl (C=O) groups excluding carboxylic acids is 2. The summed E-state index contributed by atoms with van der Waals surface area (Å²) in [5.41, 5.74) is 4.86. The Labute approximate surface area is 62.5 Å². The molecule has 0 aliphatic carbocycles. The average molecular weight is 159 g/mol. The summed E-state index contributed by atoms with van der Waals surface area (Å²) in [6.07, 6.45) is 1.29. The molecule has 10 heavy (non-hydrogen) atoms. The zero-order valence-electron chi connectivity index (χ0n) is 5.16. The normalized spacial score (nSPS) is 24.4. The third-order valence-electron chi connectivity index (χ3n) is 1.01. The van der Waals surface area contributed by atoms with Gasteiger partial charge in [-0.25, -0.2) is 0 Å². The predicted molar refractivity (Wildman–Crippen MR) is 37.9 cm³/mol. The summed E-state index contributed by atoms with van der Waals surface area (Å²) >= 11 is 1.36. The molecule has 0 aromatic heterocycles. The second-order valence-electron chi connectivity index (χ2n) is 1.87. The van der Waals surface area contributed by atoms with Crippen LogP contribution in [0.5, 0.6) is 0 Å². The minimum absolute atomic E-state index is 0.0486. The van der Waals surface area contributed by atoms with Gasteiger partial charge in [0.25, 0.3) is 0 Å². The van der Waals surface area contributed by atoms with E-state index in [1.165, 1.54) is 18.2 Å². The van der Waals surface area contributed by atoms with Crippen molar-refractivity contribution in [2.45, 2.75) is 5.37 Å². The Morgan fingerprint density at radius 2 is 2.60 bits per heavy atom. The maximum absolute atomic E-state index is 10.5. The third-order valence-corrected chi connectivity index (χ3v) is 2.05. The van der Waals surface area contributed by atoms with E-state index < -0.39 is 5.91 Å². The van der Waals surface area contributed by atoms with E-state index in [0.29, 0.717) is 5.75 Å². The van der Waals surface area contributed by atoms with Crippen LogP contribution in [0.4, 0.5) is 0 Å². The van der Waals surface area contributed by atoms with Gasteiger partial charge in [0.1, 0.15) is 0 Å². The van der Waals surface area contributed by atoms with Gasteiger partial charge in [0.05, 0.1) is 17.5 Å². The fourth-order valence-corrected chi connectivity index (χ4v) is 1.51. The average Bonchev–Trinajstić information content (AvgIpc) is 2.13. The highest BCUT2D eigenvalue weighted by atomic mass is 32.2. The topological polar surface area (TPSA) is 72.2 Å². The van der Waals surface area contributed by atoms with Gasteiger partial charge in [0.2, 0.25) is 11.8 Å². The quantitative estimate of drug-likeness (QED) is 0.535. The molecular weight excluding hydrogens is 152 g/mol. The van der Waals surface area contributed by atoms with E-state index in [4.69, 9.17) is 5.73 Å². The molecule has 55 valence electrons. The molecule has 1 fully saturated rings. The van der Waals surface area contributed by atoms with Gasteiger partial charge < -0.3 is 11.1 Å². The molecule has 5 heteroatoms. The lowest BCUT2D eigenvalue weighted by Gasteiger charge is -2.03. The van der Waals surface area contributed by atoms with Crippen LogP contribution in [0.2, 0.25) is 0 Å². The van der Waals surface area contributed by atoms with E-state index in [9.17, 15) is 9.59 Å². The minimum atomic E-state index is -0.500. The van der Waals surface area contributed by atoms with Crippen molar-refractivity contribution >= 4 is 23.6 Å². The van der Waals surface area contributed by atoms with Crippen LogP contribution < -0.4 is 11.1 Å². The Bertz CT molecular complexity index is 171. The maximum atomic E-state index is 10.5. The van der Waals surface area contributed by atoms with E-state index in [0.717, 1.165) is 0 Å². The van der Waals surface area contributed by atoms with Gasteiger partial charge in [-0.3, -0.25) is 9.59 Å². The Kier molecular flexibility index (Phi) is 2.16. The number of carbonyl (C=O) groups is 2. The summed E-state index contributed by atoms with van der Waals surface area (Å²) in [6.45, 7) is 0. The molecule has 3 N–H and O–H groups in total. The molecule has 1 radical (unpaired) electrons. The Balaban J connectivity index is 2.31. The second kappa shape index (κ2) is 2.92. The van der Waals surface area contributed by atoms with Crippen molar-refractivity contribution in [3.8, 4) is 0 Å². The molecule has 1 rings (SSSR count). The number of amides is 2. The van der Waals surface area contributed by atoms with Crippen molar-refractivity contribution in [3.63, 3.8) is 0 Å². The fraction of sp³-hybridized carbons (Fsp3) is 0.400. The van der Waals surface area contributed by atoms with Crippen LogP contribution in [-0.2, 0) is 9.59 Å². The van der Waals surface area contributed by atoms with Crippen LogP contribution in [0, 0.1) is 6.42 Å². The van der Waals surface area contributed by atoms with Crippen molar-refractivity contribution in [2.24, 2.45) is 5.73 Å². The largest absolute Gasteiger partial charge is 0.369 e. The van der Waals surface area contributed by atoms with Crippen LogP contribution in [-0.4, -0.2) is 22.9 Å². The van der Waals surface area contributed by atoms with E-state index in [2.05, 4.69) is 5.32 Å². The van der Waals surface area contributed by atoms with E-state index >= 15 is 0 Å². The lowest BCUT2D eigenvalue weighted by molar-refractivity contribution is -0.118. The molecule has 0 spiro atoms. The predicted octanol–water partition coefficient (Wildman–Crippen LogP) is -1.13. The Hall–Kier alpha value is -0.710. The lowest BCUT2D eigenvalue weighted by atomic mass is 10.4. The van der Waals surface area contributed by atoms with Crippen LogP contribution in [0.1, 0.15) is 0 Å². The molecular formula is C5H7N2O2S. The summed E-state index contributed by atoms with van der Waals surface area (Å²) in [5.74, 6) is -0.138. The highest BCUT2D eigenvalue weighted by Gasteiger charge is 2.22. The molecule has 1 heterocycles. The first-order valence-corrected chi connectivity index (χ1v) is 3.78. The molecule has 1 aliphatic heterocycles. The summed E-state index contributed by atoms with van der Waals surface area (Å²) in [7, 11) is 0. The minimum Gasteiger partial charge on any atom is -0.369 e. The zero-order valence-corrected chi connectivity index (χ0v) is 5.98. The van der Waals surface area contributed by atoms with Crippen LogP contribution in [0.15, 0.2) is 0 Å². The first-order chi connectivity index (χ1) is 4.68. The molecule has 1 atom stereocenters. The number of nitrogens with two attached hydrogens (primary N) is 1. The third kappa shape index (κ3) is 1.91. The lowest BCUT2D eigenvalue weighted by Crippen LogP contribution is -2.29. The number of thioether (sulfide) groups is 1. The molecule has 0 aromatic carbocycles. The smallest absolute Gasteiger partial charge is 0.230 e. The van der Waals surface area contributed by atoms with E-state index in [1.54, 1.807) is 0 Å². The SMILES string of the molecule is NC(=O)[CH]C1NC(=O)CS1. The molecule has 2 amide bonds. The van der Waals surface area contributed by atoms with Crippen molar-refractivity contribution in [2.75, 3.05) is 5.75 Å². The van der Waals surface area contributed by atoms with Gasteiger partial charge >= 0.3 is 0 Å².